The molecule has 0 spiro atoms. The van der Waals surface area contributed by atoms with E-state index in [2.05, 4.69) is 0 Å². The fourth-order valence-corrected chi connectivity index (χ4v) is 1.90. The second-order valence-corrected chi connectivity index (χ2v) is 3.86. The van der Waals surface area contributed by atoms with E-state index in [9.17, 15) is 9.59 Å². The first-order valence-electron chi connectivity index (χ1n) is 5.11. The van der Waals surface area contributed by atoms with Crippen molar-refractivity contribution in [2.75, 3.05) is 19.8 Å². The maximum atomic E-state index is 11.9. The van der Waals surface area contributed by atoms with Crippen LogP contribution >= 0.6 is 0 Å². The van der Waals surface area contributed by atoms with E-state index < -0.39 is 24.3 Å². The van der Waals surface area contributed by atoms with Gasteiger partial charge in [0.05, 0.1) is 25.9 Å². The van der Waals surface area contributed by atoms with E-state index >= 15 is 0 Å². The van der Waals surface area contributed by atoms with Crippen molar-refractivity contribution in [2.45, 2.75) is 24.7 Å². The minimum absolute atomic E-state index is 0.0202. The van der Waals surface area contributed by atoms with Gasteiger partial charge in [-0.1, -0.05) is 0 Å². The number of carbonyl (C=O) groups is 2. The van der Waals surface area contributed by atoms with Crippen LogP contribution in [-0.2, 0) is 19.1 Å². The van der Waals surface area contributed by atoms with Crippen molar-refractivity contribution in [3.05, 3.63) is 0 Å². The van der Waals surface area contributed by atoms with E-state index in [-0.39, 0.29) is 19.1 Å². The van der Waals surface area contributed by atoms with E-state index in [0.29, 0.717) is 13.0 Å². The standard InChI is InChI=1S/C9H14N2O5/c10-5-1-2-16-7-4-15-3-6(9(13)14)11(7)8(5)12/h5-7H,1-4,10H2,(H,13,14). The molecule has 16 heavy (non-hydrogen) atoms. The predicted molar refractivity (Wildman–Crippen MR) is 51.4 cm³/mol. The number of aliphatic carboxylic acids is 1. The molecule has 0 saturated carbocycles. The summed E-state index contributed by atoms with van der Waals surface area (Å²) in [6.45, 7) is 0.514. The van der Waals surface area contributed by atoms with Crippen LogP contribution in [0.3, 0.4) is 0 Å². The molecule has 3 unspecified atom stereocenters. The SMILES string of the molecule is NC1CCOC2COCC(C(=O)O)N2C1=O. The molecule has 7 nitrogen and oxygen atoms in total. The first kappa shape index (κ1) is 11.3. The van der Waals surface area contributed by atoms with E-state index in [1.54, 1.807) is 0 Å². The topological polar surface area (TPSA) is 102 Å². The van der Waals surface area contributed by atoms with Gasteiger partial charge in [-0.3, -0.25) is 9.69 Å². The van der Waals surface area contributed by atoms with E-state index in [0.717, 1.165) is 0 Å². The Bertz CT molecular complexity index is 308. The molecule has 2 fully saturated rings. The number of nitrogens with two attached hydrogens (primary N) is 1. The van der Waals surface area contributed by atoms with Crippen LogP contribution in [-0.4, -0.2) is 60.0 Å². The zero-order chi connectivity index (χ0) is 11.7. The fourth-order valence-electron chi connectivity index (χ4n) is 1.90. The summed E-state index contributed by atoms with van der Waals surface area (Å²) in [6.07, 6.45) is -0.228. The largest absolute Gasteiger partial charge is 0.480 e. The minimum Gasteiger partial charge on any atom is -0.480 e. The summed E-state index contributed by atoms with van der Waals surface area (Å²) in [5.74, 6) is -1.48. The van der Waals surface area contributed by atoms with Crippen LogP contribution in [0.4, 0.5) is 0 Å². The van der Waals surface area contributed by atoms with E-state index in [1.165, 1.54) is 4.90 Å². The molecule has 0 bridgehead atoms. The molecule has 3 atom stereocenters. The Balaban J connectivity index is 2.25. The number of ether oxygens (including phenoxy) is 2. The lowest BCUT2D eigenvalue weighted by atomic mass is 10.1. The Hall–Kier alpha value is -1.18. The van der Waals surface area contributed by atoms with Crippen LogP contribution < -0.4 is 5.73 Å². The summed E-state index contributed by atoms with van der Waals surface area (Å²) in [5, 5.41) is 9.00. The molecule has 7 heteroatoms. The van der Waals surface area contributed by atoms with Gasteiger partial charge in [-0.25, -0.2) is 4.79 Å². The van der Waals surface area contributed by atoms with Gasteiger partial charge in [0.15, 0.2) is 12.3 Å². The third-order valence-corrected chi connectivity index (χ3v) is 2.78. The van der Waals surface area contributed by atoms with Crippen LogP contribution in [0.5, 0.6) is 0 Å². The van der Waals surface area contributed by atoms with Crippen LogP contribution in [0.15, 0.2) is 0 Å². The number of carboxylic acid groups (broad SMARTS) is 1. The van der Waals surface area contributed by atoms with Crippen molar-refractivity contribution in [3.8, 4) is 0 Å². The van der Waals surface area contributed by atoms with Crippen molar-refractivity contribution < 1.29 is 24.2 Å². The van der Waals surface area contributed by atoms with E-state index in [4.69, 9.17) is 20.3 Å². The lowest BCUT2D eigenvalue weighted by Crippen LogP contribution is -2.60. The molecule has 2 saturated heterocycles. The number of carboxylic acids is 1. The summed E-state index contributed by atoms with van der Waals surface area (Å²) in [5.41, 5.74) is 5.64. The summed E-state index contributed by atoms with van der Waals surface area (Å²) in [7, 11) is 0. The molecule has 0 aliphatic carbocycles. The number of morpholine rings is 1. The summed E-state index contributed by atoms with van der Waals surface area (Å²) in [4.78, 5) is 24.1. The molecular formula is C9H14N2O5. The number of hydrogen-bond acceptors (Lipinski definition) is 5. The minimum atomic E-state index is -1.10. The predicted octanol–water partition coefficient (Wildman–Crippen LogP) is -1.63. The second-order valence-electron chi connectivity index (χ2n) is 3.86. The molecule has 2 aliphatic heterocycles. The second kappa shape index (κ2) is 4.36. The Kier molecular flexibility index (Phi) is 3.08. The molecule has 0 aromatic heterocycles. The number of hydrogen-bond donors (Lipinski definition) is 2. The molecule has 2 rings (SSSR count). The highest BCUT2D eigenvalue weighted by Crippen LogP contribution is 2.20. The first-order valence-corrected chi connectivity index (χ1v) is 5.11. The van der Waals surface area contributed by atoms with Gasteiger partial charge < -0.3 is 20.3 Å². The highest BCUT2D eigenvalue weighted by Gasteiger charge is 2.42. The number of fused-ring (bicyclic) bond motifs is 1. The first-order chi connectivity index (χ1) is 7.61. The van der Waals surface area contributed by atoms with Crippen LogP contribution in [0.25, 0.3) is 0 Å². The third-order valence-electron chi connectivity index (χ3n) is 2.78. The van der Waals surface area contributed by atoms with Crippen molar-refractivity contribution >= 4 is 11.9 Å². The third kappa shape index (κ3) is 1.89. The maximum absolute atomic E-state index is 11.9. The molecule has 0 aromatic rings. The lowest BCUT2D eigenvalue weighted by molar-refractivity contribution is -0.186. The fraction of sp³-hybridized carbons (Fsp3) is 0.778. The van der Waals surface area contributed by atoms with Crippen molar-refractivity contribution in [3.63, 3.8) is 0 Å². The van der Waals surface area contributed by atoms with Gasteiger partial charge in [0, 0.05) is 0 Å². The molecule has 90 valence electrons. The number of amides is 1. The van der Waals surface area contributed by atoms with Gasteiger partial charge in [0.1, 0.15) is 0 Å². The molecule has 1 amide bonds. The highest BCUT2D eigenvalue weighted by molar-refractivity contribution is 5.87. The maximum Gasteiger partial charge on any atom is 0.328 e. The molecule has 2 heterocycles. The Morgan fingerprint density at radius 3 is 2.94 bits per heavy atom. The quantitative estimate of drug-likeness (QED) is 0.561. The normalized spacial score (nSPS) is 35.4. The average molecular weight is 230 g/mol. The number of rotatable bonds is 1. The highest BCUT2D eigenvalue weighted by atomic mass is 16.6. The average Bonchev–Trinajstić information content (AvgIpc) is 2.40. The molecule has 0 aromatic carbocycles. The summed E-state index contributed by atoms with van der Waals surface area (Å²) in [6, 6.07) is -1.69. The van der Waals surface area contributed by atoms with Gasteiger partial charge in [0.25, 0.3) is 0 Å². The Morgan fingerprint density at radius 2 is 2.25 bits per heavy atom. The molecule has 2 aliphatic rings. The molecule has 0 radical (unpaired) electrons. The van der Waals surface area contributed by atoms with Gasteiger partial charge in [-0.15, -0.1) is 0 Å². The lowest BCUT2D eigenvalue weighted by Gasteiger charge is -2.38. The van der Waals surface area contributed by atoms with Crippen molar-refractivity contribution in [2.24, 2.45) is 5.73 Å². The smallest absolute Gasteiger partial charge is 0.328 e. The van der Waals surface area contributed by atoms with Crippen LogP contribution in [0.2, 0.25) is 0 Å². The van der Waals surface area contributed by atoms with Gasteiger partial charge in [-0.2, -0.15) is 0 Å². The monoisotopic (exact) mass is 230 g/mol. The molecular weight excluding hydrogens is 216 g/mol. The van der Waals surface area contributed by atoms with Gasteiger partial charge in [-0.05, 0) is 6.42 Å². The number of nitrogens with zero attached hydrogens (tertiary/aromatic N) is 1. The zero-order valence-electron chi connectivity index (χ0n) is 8.67. The summed E-state index contributed by atoms with van der Waals surface area (Å²) >= 11 is 0. The molecule has 3 N–H and O–H groups in total. The van der Waals surface area contributed by atoms with Crippen LogP contribution in [0.1, 0.15) is 6.42 Å². The van der Waals surface area contributed by atoms with Crippen molar-refractivity contribution in [1.82, 2.24) is 4.90 Å². The van der Waals surface area contributed by atoms with Crippen LogP contribution in [0, 0.1) is 0 Å². The van der Waals surface area contributed by atoms with Gasteiger partial charge in [0.2, 0.25) is 5.91 Å². The zero-order valence-corrected chi connectivity index (χ0v) is 8.67. The Morgan fingerprint density at radius 1 is 1.50 bits per heavy atom. The number of carbonyl (C=O) groups excluding carboxylic acids is 1. The van der Waals surface area contributed by atoms with Gasteiger partial charge >= 0.3 is 5.97 Å². The summed E-state index contributed by atoms with van der Waals surface area (Å²) < 4.78 is 10.5. The Labute approximate surface area is 92.1 Å². The van der Waals surface area contributed by atoms with Crippen molar-refractivity contribution in [1.29, 1.82) is 0 Å². The van der Waals surface area contributed by atoms with E-state index in [1.807, 2.05) is 0 Å².